The van der Waals surface area contributed by atoms with Gasteiger partial charge in [0, 0.05) is 16.0 Å². The number of carbonyl (C=O) groups is 2. The summed E-state index contributed by atoms with van der Waals surface area (Å²) in [6, 6.07) is 15.2. The van der Waals surface area contributed by atoms with E-state index in [0.717, 1.165) is 27.6 Å². The molecule has 2 aliphatic carbocycles. The van der Waals surface area contributed by atoms with E-state index >= 15 is 0 Å². The molecule has 0 spiro atoms. The molecular weight excluding hydrogens is 496 g/mol. The van der Waals surface area contributed by atoms with Gasteiger partial charge in [-0.05, 0) is 66.1 Å². The SMILES string of the molecule is COc1ccc([C@@H]2c3sc(=O)[nH]c3S[C@@H]3[C@@H]4C[C@@H]([C@@H]5C(=O)N(c6ccc(OC)cc6)C(=O)[C@@H]45)[C@@H]23)cc1. The average Bonchev–Trinajstić information content (AvgIpc) is 3.63. The van der Waals surface area contributed by atoms with Crippen molar-refractivity contribution >= 4 is 40.6 Å². The molecule has 0 radical (unpaired) electrons. The number of benzene rings is 2. The van der Waals surface area contributed by atoms with Gasteiger partial charge >= 0.3 is 4.87 Å². The van der Waals surface area contributed by atoms with Crippen molar-refractivity contribution in [3.05, 3.63) is 68.6 Å². The van der Waals surface area contributed by atoms with Gasteiger partial charge in [-0.25, -0.2) is 0 Å². The molecule has 2 bridgehead atoms. The second kappa shape index (κ2) is 7.98. The molecule has 7 atom stereocenters. The van der Waals surface area contributed by atoms with E-state index in [-0.39, 0.29) is 57.4 Å². The maximum Gasteiger partial charge on any atom is 0.305 e. The Morgan fingerprint density at radius 2 is 1.47 bits per heavy atom. The average molecular weight is 521 g/mol. The number of thiazole rings is 1. The third-order valence-electron chi connectivity index (χ3n) is 8.53. The number of imide groups is 1. The molecule has 2 amide bonds. The topological polar surface area (TPSA) is 88.7 Å². The number of thioether (sulfide) groups is 1. The van der Waals surface area contributed by atoms with Gasteiger partial charge in [-0.15, -0.1) is 11.8 Å². The molecule has 3 aromatic rings. The number of methoxy groups -OCH3 is 2. The van der Waals surface area contributed by atoms with Crippen LogP contribution >= 0.6 is 23.1 Å². The van der Waals surface area contributed by atoms with E-state index < -0.39 is 0 Å². The van der Waals surface area contributed by atoms with Gasteiger partial charge in [0.25, 0.3) is 0 Å². The van der Waals surface area contributed by atoms with Gasteiger partial charge in [-0.3, -0.25) is 19.3 Å². The van der Waals surface area contributed by atoms with Crippen LogP contribution in [0.5, 0.6) is 11.5 Å². The lowest BCUT2D eigenvalue weighted by Crippen LogP contribution is -2.42. The predicted molar refractivity (Wildman–Crippen MR) is 137 cm³/mol. The lowest BCUT2D eigenvalue weighted by molar-refractivity contribution is -0.123. The lowest BCUT2D eigenvalue weighted by Gasteiger charge is -2.43. The maximum atomic E-state index is 13.8. The summed E-state index contributed by atoms with van der Waals surface area (Å²) < 4.78 is 10.6. The van der Waals surface area contributed by atoms with E-state index in [4.69, 9.17) is 9.47 Å². The number of anilines is 1. The first-order valence-electron chi connectivity index (χ1n) is 12.1. The standard InChI is InChI=1S/C27H24N2O5S2/c1-33-14-7-3-12(4-8-14)18-19-16-11-17(22(19)35-24-23(18)36-27(32)28-24)21-20(16)25(30)29(26(21)31)13-5-9-15(34-2)10-6-13/h3-10,16-22H,11H2,1-2H3,(H,28,32)/t16-,17-,18+,19+,20+,21+,22-/m1/s1. The maximum absolute atomic E-state index is 13.8. The molecule has 2 aromatic carbocycles. The van der Waals surface area contributed by atoms with Crippen molar-refractivity contribution in [3.63, 3.8) is 0 Å². The number of carbonyl (C=O) groups excluding carboxylic acids is 2. The third kappa shape index (κ3) is 2.96. The molecule has 9 heteroatoms. The van der Waals surface area contributed by atoms with Gasteiger partial charge in [-0.1, -0.05) is 23.5 Å². The van der Waals surface area contributed by atoms with Gasteiger partial charge in [0.1, 0.15) is 11.5 Å². The summed E-state index contributed by atoms with van der Waals surface area (Å²) in [5.41, 5.74) is 1.72. The largest absolute Gasteiger partial charge is 0.497 e. The van der Waals surface area contributed by atoms with Crippen LogP contribution in [-0.4, -0.2) is 36.3 Å². The molecule has 1 N–H and O–H groups in total. The minimum atomic E-state index is -0.315. The number of aromatic nitrogens is 1. The zero-order chi connectivity index (χ0) is 24.7. The van der Waals surface area contributed by atoms with Crippen LogP contribution in [0.2, 0.25) is 0 Å². The van der Waals surface area contributed by atoms with Crippen LogP contribution in [0.3, 0.4) is 0 Å². The number of H-pyrrole nitrogens is 1. The second-order valence-electron chi connectivity index (χ2n) is 9.94. The Morgan fingerprint density at radius 1 is 0.861 bits per heavy atom. The molecule has 4 aliphatic rings. The summed E-state index contributed by atoms with van der Waals surface area (Å²) in [5.74, 6) is 1.05. The van der Waals surface area contributed by atoms with Crippen molar-refractivity contribution in [1.82, 2.24) is 4.98 Å². The summed E-state index contributed by atoms with van der Waals surface area (Å²) in [6.45, 7) is 0. The number of nitrogens with one attached hydrogen (secondary N) is 1. The van der Waals surface area contributed by atoms with Crippen molar-refractivity contribution in [2.45, 2.75) is 22.6 Å². The molecule has 2 saturated carbocycles. The number of nitrogens with zero attached hydrogens (tertiary/aromatic N) is 1. The molecule has 1 aromatic heterocycles. The summed E-state index contributed by atoms with van der Waals surface area (Å²) in [6.07, 6.45) is 0.872. The van der Waals surface area contributed by atoms with Crippen LogP contribution in [0.1, 0.15) is 22.8 Å². The van der Waals surface area contributed by atoms with Gasteiger partial charge < -0.3 is 14.5 Å². The number of hydrogen-bond donors (Lipinski definition) is 1. The highest BCUT2D eigenvalue weighted by atomic mass is 32.2. The normalized spacial score (nSPS) is 31.8. The van der Waals surface area contributed by atoms with Gasteiger partial charge in [-0.2, -0.15) is 0 Å². The smallest absolute Gasteiger partial charge is 0.305 e. The van der Waals surface area contributed by atoms with Crippen LogP contribution in [-0.2, 0) is 9.59 Å². The fraction of sp³-hybridized carbons (Fsp3) is 0.370. The number of hydrogen-bond acceptors (Lipinski definition) is 7. The van der Waals surface area contributed by atoms with Gasteiger partial charge in [0.2, 0.25) is 11.8 Å². The van der Waals surface area contributed by atoms with Crippen LogP contribution in [0.4, 0.5) is 5.69 Å². The molecular formula is C27H24N2O5S2. The first-order valence-corrected chi connectivity index (χ1v) is 13.7. The molecule has 7 rings (SSSR count). The van der Waals surface area contributed by atoms with Crippen molar-refractivity contribution in [3.8, 4) is 11.5 Å². The molecule has 184 valence electrons. The highest BCUT2D eigenvalue weighted by molar-refractivity contribution is 8.00. The minimum absolute atomic E-state index is 0.00925. The molecule has 3 heterocycles. The number of rotatable bonds is 4. The van der Waals surface area contributed by atoms with Crippen LogP contribution in [0, 0.1) is 29.6 Å². The first-order chi connectivity index (χ1) is 17.5. The first kappa shape index (κ1) is 22.2. The quantitative estimate of drug-likeness (QED) is 0.521. The van der Waals surface area contributed by atoms with Crippen molar-refractivity contribution < 1.29 is 19.1 Å². The Kier molecular flexibility index (Phi) is 4.92. The monoisotopic (exact) mass is 520 g/mol. The number of aromatic amines is 1. The van der Waals surface area contributed by atoms with E-state index in [1.807, 2.05) is 12.1 Å². The second-order valence-corrected chi connectivity index (χ2v) is 12.1. The number of ether oxygens (including phenoxy) is 2. The fourth-order valence-electron chi connectivity index (χ4n) is 7.19. The fourth-order valence-corrected chi connectivity index (χ4v) is 10.1. The third-order valence-corrected chi connectivity index (χ3v) is 11.1. The van der Waals surface area contributed by atoms with E-state index in [2.05, 4.69) is 17.1 Å². The molecule has 3 fully saturated rings. The summed E-state index contributed by atoms with van der Waals surface area (Å²) in [4.78, 5) is 45.3. The van der Waals surface area contributed by atoms with Crippen molar-refractivity contribution in [2.24, 2.45) is 29.6 Å². The molecule has 7 nitrogen and oxygen atoms in total. The Hall–Kier alpha value is -3.04. The van der Waals surface area contributed by atoms with Crippen molar-refractivity contribution in [2.75, 3.05) is 19.1 Å². The lowest BCUT2D eigenvalue weighted by atomic mass is 9.68. The van der Waals surface area contributed by atoms with Gasteiger partial charge in [0.15, 0.2) is 0 Å². The van der Waals surface area contributed by atoms with Crippen LogP contribution in [0.25, 0.3) is 0 Å². The number of fused-ring (bicyclic) bond motifs is 9. The summed E-state index contributed by atoms with van der Waals surface area (Å²) in [5, 5.41) is 1.09. The molecule has 1 saturated heterocycles. The molecule has 36 heavy (non-hydrogen) atoms. The van der Waals surface area contributed by atoms with E-state index in [9.17, 15) is 14.4 Å². The summed E-state index contributed by atoms with van der Waals surface area (Å²) >= 11 is 2.97. The summed E-state index contributed by atoms with van der Waals surface area (Å²) in [7, 11) is 3.24. The van der Waals surface area contributed by atoms with E-state index in [1.165, 1.54) is 16.2 Å². The number of amides is 2. The van der Waals surface area contributed by atoms with Gasteiger partial charge in [0.05, 0.1) is 36.8 Å². The van der Waals surface area contributed by atoms with E-state index in [0.29, 0.717) is 11.4 Å². The van der Waals surface area contributed by atoms with Crippen molar-refractivity contribution in [1.29, 1.82) is 0 Å². The highest BCUT2D eigenvalue weighted by Gasteiger charge is 2.69. The minimum Gasteiger partial charge on any atom is -0.497 e. The predicted octanol–water partition coefficient (Wildman–Crippen LogP) is 4.13. The Bertz CT molecular complexity index is 1430. The zero-order valence-electron chi connectivity index (χ0n) is 19.7. The zero-order valence-corrected chi connectivity index (χ0v) is 21.3. The van der Waals surface area contributed by atoms with Crippen LogP contribution < -0.4 is 19.2 Å². The molecule has 0 unspecified atom stereocenters. The van der Waals surface area contributed by atoms with Crippen LogP contribution in [0.15, 0.2) is 58.4 Å². The van der Waals surface area contributed by atoms with E-state index in [1.54, 1.807) is 50.2 Å². The molecule has 2 aliphatic heterocycles. The Balaban J connectivity index is 1.29. The Labute approximate surface area is 215 Å². The Morgan fingerprint density at radius 3 is 2.11 bits per heavy atom. The highest BCUT2D eigenvalue weighted by Crippen LogP contribution is 2.68.